The van der Waals surface area contributed by atoms with Gasteiger partial charge in [0.25, 0.3) is 5.91 Å². The smallest absolute Gasteiger partial charge is 0.291 e. The second kappa shape index (κ2) is 5.48. The summed E-state index contributed by atoms with van der Waals surface area (Å²) in [6.45, 7) is 3.61. The summed E-state index contributed by atoms with van der Waals surface area (Å²) in [7, 11) is 0. The van der Waals surface area contributed by atoms with Crippen LogP contribution in [-0.2, 0) is 0 Å². The van der Waals surface area contributed by atoms with Crippen LogP contribution in [0.2, 0.25) is 0 Å². The molecule has 2 rings (SSSR count). The second-order valence-electron chi connectivity index (χ2n) is 4.38. The minimum Gasteiger partial charge on any atom is -0.456 e. The first-order valence-corrected chi connectivity index (χ1v) is 5.97. The number of aryl methyl sites for hydroxylation is 2. The predicted octanol–water partition coefficient (Wildman–Crippen LogP) is 2.24. The molecule has 0 saturated heterocycles. The van der Waals surface area contributed by atoms with Gasteiger partial charge in [-0.05, 0) is 37.6 Å². The Morgan fingerprint density at radius 3 is 2.65 bits per heavy atom. The quantitative estimate of drug-likeness (QED) is 0.345. The molecule has 2 aromatic rings. The number of carbonyl (C=O) groups is 1. The van der Waals surface area contributed by atoms with Crippen molar-refractivity contribution in [3.8, 4) is 0 Å². The summed E-state index contributed by atoms with van der Waals surface area (Å²) in [5, 5.41) is 14.3. The van der Waals surface area contributed by atoms with Crippen LogP contribution in [0.15, 0.2) is 39.9 Å². The maximum atomic E-state index is 12.0. The Balaban J connectivity index is 2.26. The third kappa shape index (κ3) is 2.80. The van der Waals surface area contributed by atoms with E-state index >= 15 is 0 Å². The molecule has 1 amide bonds. The maximum Gasteiger partial charge on any atom is 0.291 e. The molecule has 0 radical (unpaired) electrons. The normalized spacial score (nSPS) is 11.4. The summed E-state index contributed by atoms with van der Waals surface area (Å²) in [6.07, 6.45) is 0. The topological polar surface area (TPSA) is 101 Å². The minimum absolute atomic E-state index is 0.0191. The predicted molar refractivity (Wildman–Crippen MR) is 75.1 cm³/mol. The van der Waals surface area contributed by atoms with Crippen LogP contribution in [0.4, 0.5) is 5.69 Å². The van der Waals surface area contributed by atoms with Gasteiger partial charge in [-0.2, -0.15) is 0 Å². The number of nitrogens with two attached hydrogens (primary N) is 1. The molecule has 1 heterocycles. The molecule has 6 nitrogen and oxygen atoms in total. The highest BCUT2D eigenvalue weighted by molar-refractivity contribution is 6.04. The van der Waals surface area contributed by atoms with Gasteiger partial charge in [0.05, 0.1) is 0 Å². The van der Waals surface area contributed by atoms with Crippen LogP contribution in [0.1, 0.15) is 27.4 Å². The zero-order valence-electron chi connectivity index (χ0n) is 11.2. The molecule has 0 aliphatic rings. The molecule has 1 aromatic heterocycles. The van der Waals surface area contributed by atoms with E-state index in [1.54, 1.807) is 37.3 Å². The Hall–Kier alpha value is -2.76. The van der Waals surface area contributed by atoms with Crippen molar-refractivity contribution in [2.45, 2.75) is 13.8 Å². The number of amides is 1. The van der Waals surface area contributed by atoms with Gasteiger partial charge in [0.15, 0.2) is 11.6 Å². The molecule has 0 atom stereocenters. The van der Waals surface area contributed by atoms with E-state index in [0.717, 1.165) is 5.56 Å². The molecule has 6 heteroatoms. The van der Waals surface area contributed by atoms with E-state index in [2.05, 4.69) is 10.5 Å². The largest absolute Gasteiger partial charge is 0.456 e. The van der Waals surface area contributed by atoms with Gasteiger partial charge >= 0.3 is 0 Å². The van der Waals surface area contributed by atoms with Crippen LogP contribution in [0.25, 0.3) is 0 Å². The SMILES string of the molecule is Cc1ccc(C(=O)Nc2cc(C(N)=NO)ccc2C)o1. The van der Waals surface area contributed by atoms with Gasteiger partial charge in [0, 0.05) is 11.3 Å². The third-order valence-electron chi connectivity index (χ3n) is 2.85. The maximum absolute atomic E-state index is 12.0. The Bertz CT molecular complexity index is 674. The van der Waals surface area contributed by atoms with Crippen LogP contribution in [0.5, 0.6) is 0 Å². The van der Waals surface area contributed by atoms with E-state index in [1.165, 1.54) is 0 Å². The molecular formula is C14H15N3O3. The molecular weight excluding hydrogens is 258 g/mol. The first-order chi connectivity index (χ1) is 9.51. The number of anilines is 1. The minimum atomic E-state index is -0.349. The Kier molecular flexibility index (Phi) is 3.74. The summed E-state index contributed by atoms with van der Waals surface area (Å²) in [4.78, 5) is 12.0. The fourth-order valence-electron chi connectivity index (χ4n) is 1.71. The van der Waals surface area contributed by atoms with Gasteiger partial charge < -0.3 is 20.7 Å². The molecule has 20 heavy (non-hydrogen) atoms. The highest BCUT2D eigenvalue weighted by Crippen LogP contribution is 2.18. The van der Waals surface area contributed by atoms with Gasteiger partial charge in [-0.15, -0.1) is 0 Å². The Morgan fingerprint density at radius 1 is 1.30 bits per heavy atom. The highest BCUT2D eigenvalue weighted by atomic mass is 16.4. The number of rotatable bonds is 3. The van der Waals surface area contributed by atoms with E-state index in [1.807, 2.05) is 6.92 Å². The number of amidine groups is 1. The van der Waals surface area contributed by atoms with Gasteiger partial charge in [0.1, 0.15) is 5.76 Å². The average molecular weight is 273 g/mol. The third-order valence-corrected chi connectivity index (χ3v) is 2.85. The molecule has 0 bridgehead atoms. The van der Waals surface area contributed by atoms with Gasteiger partial charge in [-0.1, -0.05) is 17.3 Å². The van der Waals surface area contributed by atoms with Gasteiger partial charge in [0.2, 0.25) is 0 Å². The zero-order valence-corrected chi connectivity index (χ0v) is 11.2. The monoisotopic (exact) mass is 273 g/mol. The standard InChI is InChI=1S/C14H15N3O3/c1-8-3-5-10(13(15)17-19)7-11(8)16-14(18)12-6-4-9(2)20-12/h3-7,19H,1-2H3,(H2,15,17)(H,16,18). The number of hydrogen-bond donors (Lipinski definition) is 3. The number of carbonyl (C=O) groups excluding carboxylic acids is 1. The molecule has 0 saturated carbocycles. The number of nitrogens with zero attached hydrogens (tertiary/aromatic N) is 1. The molecule has 0 aliphatic heterocycles. The van der Waals surface area contributed by atoms with E-state index in [9.17, 15) is 4.79 Å². The van der Waals surface area contributed by atoms with Crippen molar-refractivity contribution in [3.05, 3.63) is 53.0 Å². The van der Waals surface area contributed by atoms with Gasteiger partial charge in [-0.3, -0.25) is 4.79 Å². The highest BCUT2D eigenvalue weighted by Gasteiger charge is 2.12. The fraction of sp³-hybridized carbons (Fsp3) is 0.143. The number of hydrogen-bond acceptors (Lipinski definition) is 4. The van der Waals surface area contributed by atoms with Crippen molar-refractivity contribution in [2.24, 2.45) is 10.9 Å². The van der Waals surface area contributed by atoms with Crippen molar-refractivity contribution < 1.29 is 14.4 Å². The van der Waals surface area contributed by atoms with Crippen LogP contribution in [-0.4, -0.2) is 17.0 Å². The van der Waals surface area contributed by atoms with E-state index in [0.29, 0.717) is 17.0 Å². The van der Waals surface area contributed by atoms with Crippen LogP contribution in [0.3, 0.4) is 0 Å². The summed E-state index contributed by atoms with van der Waals surface area (Å²) in [5.74, 6) is 0.528. The van der Waals surface area contributed by atoms with E-state index in [-0.39, 0.29) is 17.5 Å². The first kappa shape index (κ1) is 13.7. The lowest BCUT2D eigenvalue weighted by Crippen LogP contribution is -2.16. The van der Waals surface area contributed by atoms with Crippen LogP contribution < -0.4 is 11.1 Å². The lowest BCUT2D eigenvalue weighted by atomic mass is 10.1. The fourth-order valence-corrected chi connectivity index (χ4v) is 1.71. The van der Waals surface area contributed by atoms with Crippen molar-refractivity contribution in [2.75, 3.05) is 5.32 Å². The molecule has 0 spiro atoms. The van der Waals surface area contributed by atoms with Gasteiger partial charge in [-0.25, -0.2) is 0 Å². The Morgan fingerprint density at radius 2 is 2.05 bits per heavy atom. The molecule has 1 aromatic carbocycles. The van der Waals surface area contributed by atoms with Crippen molar-refractivity contribution in [3.63, 3.8) is 0 Å². The molecule has 4 N–H and O–H groups in total. The van der Waals surface area contributed by atoms with E-state index < -0.39 is 0 Å². The first-order valence-electron chi connectivity index (χ1n) is 5.97. The van der Waals surface area contributed by atoms with Crippen LogP contribution in [0, 0.1) is 13.8 Å². The van der Waals surface area contributed by atoms with Crippen molar-refractivity contribution in [1.82, 2.24) is 0 Å². The number of benzene rings is 1. The summed E-state index contributed by atoms with van der Waals surface area (Å²) in [6, 6.07) is 8.44. The molecule has 0 unspecified atom stereocenters. The summed E-state index contributed by atoms with van der Waals surface area (Å²) in [5.41, 5.74) is 7.48. The Labute approximate surface area is 115 Å². The number of furan rings is 1. The average Bonchev–Trinajstić information content (AvgIpc) is 2.87. The van der Waals surface area contributed by atoms with Crippen molar-refractivity contribution >= 4 is 17.4 Å². The number of nitrogens with one attached hydrogen (secondary N) is 1. The molecule has 0 fully saturated rings. The lowest BCUT2D eigenvalue weighted by Gasteiger charge is -2.09. The molecule has 104 valence electrons. The zero-order chi connectivity index (χ0) is 14.7. The lowest BCUT2D eigenvalue weighted by molar-refractivity contribution is 0.0995. The summed E-state index contributed by atoms with van der Waals surface area (Å²) < 4.78 is 5.26. The van der Waals surface area contributed by atoms with Crippen molar-refractivity contribution in [1.29, 1.82) is 0 Å². The van der Waals surface area contributed by atoms with E-state index in [4.69, 9.17) is 15.4 Å². The second-order valence-corrected chi connectivity index (χ2v) is 4.38. The number of oxime groups is 1. The molecule has 0 aliphatic carbocycles. The van der Waals surface area contributed by atoms with Crippen LogP contribution >= 0.6 is 0 Å². The summed E-state index contributed by atoms with van der Waals surface area (Å²) >= 11 is 0.